The highest BCUT2D eigenvalue weighted by atomic mass is 16.5. The number of methoxy groups -OCH3 is 1. The highest BCUT2D eigenvalue weighted by molar-refractivity contribution is 5.78. The van der Waals surface area contributed by atoms with Gasteiger partial charge in [-0.3, -0.25) is 9.78 Å². The fourth-order valence-corrected chi connectivity index (χ4v) is 1.98. The van der Waals surface area contributed by atoms with Crippen molar-refractivity contribution in [3.63, 3.8) is 0 Å². The Hall–Kier alpha value is -2.36. The lowest BCUT2D eigenvalue weighted by molar-refractivity contribution is -0.120. The largest absolute Gasteiger partial charge is 0.496 e. The van der Waals surface area contributed by atoms with Crippen LogP contribution in [-0.4, -0.2) is 24.5 Å². The maximum atomic E-state index is 11.8. The molecule has 1 N–H and O–H groups in total. The zero-order valence-corrected chi connectivity index (χ0v) is 11.5. The molecule has 2 aromatic rings. The van der Waals surface area contributed by atoms with E-state index in [-0.39, 0.29) is 5.91 Å². The van der Waals surface area contributed by atoms with Gasteiger partial charge in [-0.2, -0.15) is 0 Å². The van der Waals surface area contributed by atoms with E-state index in [9.17, 15) is 4.79 Å². The van der Waals surface area contributed by atoms with Gasteiger partial charge in [0.05, 0.1) is 13.5 Å². The second kappa shape index (κ2) is 7.28. The van der Waals surface area contributed by atoms with Crippen molar-refractivity contribution in [3.05, 3.63) is 59.9 Å². The van der Waals surface area contributed by atoms with Crippen LogP contribution in [-0.2, 0) is 17.6 Å². The standard InChI is InChI=1S/C16H18N2O2/c1-20-15-8-3-2-6-13(15)9-11-18-16(19)12-14-7-4-5-10-17-14/h2-8,10H,9,11-12H2,1H3,(H,18,19). The van der Waals surface area contributed by atoms with Crippen molar-refractivity contribution in [2.24, 2.45) is 0 Å². The van der Waals surface area contributed by atoms with E-state index in [1.54, 1.807) is 13.3 Å². The summed E-state index contributed by atoms with van der Waals surface area (Å²) in [6, 6.07) is 13.4. The monoisotopic (exact) mass is 270 g/mol. The van der Waals surface area contributed by atoms with Gasteiger partial charge in [-0.15, -0.1) is 0 Å². The van der Waals surface area contributed by atoms with Crippen LogP contribution in [0.2, 0.25) is 0 Å². The molecule has 1 aromatic heterocycles. The molecule has 0 saturated heterocycles. The first kappa shape index (κ1) is 14.1. The first-order valence-corrected chi connectivity index (χ1v) is 6.58. The normalized spacial score (nSPS) is 10.1. The Bertz CT molecular complexity index is 555. The fourth-order valence-electron chi connectivity index (χ4n) is 1.98. The molecule has 0 aliphatic rings. The van der Waals surface area contributed by atoms with Gasteiger partial charge in [0.2, 0.25) is 5.91 Å². The van der Waals surface area contributed by atoms with Gasteiger partial charge in [0, 0.05) is 18.4 Å². The Morgan fingerprint density at radius 2 is 2.00 bits per heavy atom. The number of carbonyl (C=O) groups is 1. The van der Waals surface area contributed by atoms with Crippen LogP contribution in [0.3, 0.4) is 0 Å². The summed E-state index contributed by atoms with van der Waals surface area (Å²) in [5, 5.41) is 2.90. The molecule has 0 bridgehead atoms. The minimum atomic E-state index is -0.0152. The average Bonchev–Trinajstić information content (AvgIpc) is 2.49. The van der Waals surface area contributed by atoms with Crippen molar-refractivity contribution >= 4 is 5.91 Å². The maximum absolute atomic E-state index is 11.8. The van der Waals surface area contributed by atoms with E-state index in [1.807, 2.05) is 42.5 Å². The van der Waals surface area contributed by atoms with Crippen molar-refractivity contribution < 1.29 is 9.53 Å². The fraction of sp³-hybridized carbons (Fsp3) is 0.250. The lowest BCUT2D eigenvalue weighted by Crippen LogP contribution is -2.27. The van der Waals surface area contributed by atoms with Crippen molar-refractivity contribution in [2.45, 2.75) is 12.8 Å². The number of hydrogen-bond donors (Lipinski definition) is 1. The zero-order chi connectivity index (χ0) is 14.2. The van der Waals surface area contributed by atoms with Crippen LogP contribution in [0, 0.1) is 0 Å². The van der Waals surface area contributed by atoms with E-state index < -0.39 is 0 Å². The lowest BCUT2D eigenvalue weighted by atomic mass is 10.1. The van der Waals surface area contributed by atoms with E-state index in [4.69, 9.17) is 4.74 Å². The Morgan fingerprint density at radius 1 is 1.20 bits per heavy atom. The third-order valence-electron chi connectivity index (χ3n) is 2.98. The van der Waals surface area contributed by atoms with Gasteiger partial charge in [-0.05, 0) is 30.2 Å². The van der Waals surface area contributed by atoms with Gasteiger partial charge >= 0.3 is 0 Å². The molecule has 0 radical (unpaired) electrons. The van der Waals surface area contributed by atoms with Gasteiger partial charge in [-0.25, -0.2) is 0 Å². The van der Waals surface area contributed by atoms with E-state index in [1.165, 1.54) is 0 Å². The highest BCUT2D eigenvalue weighted by Gasteiger charge is 2.05. The van der Waals surface area contributed by atoms with Crippen molar-refractivity contribution in [1.29, 1.82) is 0 Å². The highest BCUT2D eigenvalue weighted by Crippen LogP contribution is 2.17. The van der Waals surface area contributed by atoms with E-state index in [0.717, 1.165) is 23.4 Å². The first-order valence-electron chi connectivity index (χ1n) is 6.58. The average molecular weight is 270 g/mol. The molecule has 0 atom stereocenters. The molecule has 104 valence electrons. The summed E-state index contributed by atoms with van der Waals surface area (Å²) in [6.45, 7) is 0.589. The molecular formula is C16H18N2O2. The van der Waals surface area contributed by atoms with Crippen LogP contribution >= 0.6 is 0 Å². The SMILES string of the molecule is COc1ccccc1CCNC(=O)Cc1ccccn1. The molecule has 4 nitrogen and oxygen atoms in total. The van der Waals surface area contributed by atoms with Gasteiger partial charge in [0.1, 0.15) is 5.75 Å². The summed E-state index contributed by atoms with van der Waals surface area (Å²) in [7, 11) is 1.65. The lowest BCUT2D eigenvalue weighted by Gasteiger charge is -2.09. The van der Waals surface area contributed by atoms with Crippen molar-refractivity contribution in [1.82, 2.24) is 10.3 Å². The number of nitrogens with one attached hydrogen (secondary N) is 1. The second-order valence-electron chi connectivity index (χ2n) is 4.41. The third-order valence-corrected chi connectivity index (χ3v) is 2.98. The van der Waals surface area contributed by atoms with Gasteiger partial charge < -0.3 is 10.1 Å². The number of nitrogens with zero attached hydrogens (tertiary/aromatic N) is 1. The molecule has 2 rings (SSSR count). The molecule has 1 amide bonds. The number of benzene rings is 1. The topological polar surface area (TPSA) is 51.2 Å². The van der Waals surface area contributed by atoms with Gasteiger partial charge in [0.15, 0.2) is 0 Å². The summed E-state index contributed by atoms with van der Waals surface area (Å²) in [5.74, 6) is 0.838. The number of pyridine rings is 1. The van der Waals surface area contributed by atoms with Crippen molar-refractivity contribution in [3.8, 4) is 5.75 Å². The predicted molar refractivity (Wildman–Crippen MR) is 77.6 cm³/mol. The van der Waals surface area contributed by atoms with Crippen LogP contribution in [0.4, 0.5) is 0 Å². The molecule has 4 heteroatoms. The molecule has 0 unspecified atom stereocenters. The summed E-state index contributed by atoms with van der Waals surface area (Å²) < 4.78 is 5.28. The Labute approximate surface area is 118 Å². The molecule has 20 heavy (non-hydrogen) atoms. The van der Waals surface area contributed by atoms with Gasteiger partial charge in [0.25, 0.3) is 0 Å². The third kappa shape index (κ3) is 4.09. The van der Waals surface area contributed by atoms with Crippen LogP contribution in [0.25, 0.3) is 0 Å². The molecule has 1 aromatic carbocycles. The number of ether oxygens (including phenoxy) is 1. The molecular weight excluding hydrogens is 252 g/mol. The second-order valence-corrected chi connectivity index (χ2v) is 4.41. The minimum absolute atomic E-state index is 0.0152. The Balaban J connectivity index is 1.79. The van der Waals surface area contributed by atoms with E-state index in [2.05, 4.69) is 10.3 Å². The number of amides is 1. The van der Waals surface area contributed by atoms with E-state index in [0.29, 0.717) is 13.0 Å². The minimum Gasteiger partial charge on any atom is -0.496 e. The summed E-state index contributed by atoms with van der Waals surface area (Å²) in [6.07, 6.45) is 2.75. The number of rotatable bonds is 6. The van der Waals surface area contributed by atoms with Crippen LogP contribution in [0.15, 0.2) is 48.7 Å². The molecule has 0 aliphatic heterocycles. The van der Waals surface area contributed by atoms with Crippen molar-refractivity contribution in [2.75, 3.05) is 13.7 Å². The number of hydrogen-bond acceptors (Lipinski definition) is 3. The van der Waals surface area contributed by atoms with E-state index >= 15 is 0 Å². The number of carbonyl (C=O) groups excluding carboxylic acids is 1. The van der Waals surface area contributed by atoms with Crippen LogP contribution in [0.5, 0.6) is 5.75 Å². The maximum Gasteiger partial charge on any atom is 0.226 e. The Morgan fingerprint density at radius 3 is 2.75 bits per heavy atom. The quantitative estimate of drug-likeness (QED) is 0.873. The summed E-state index contributed by atoms with van der Waals surface area (Å²) >= 11 is 0. The van der Waals surface area contributed by atoms with Crippen LogP contribution in [0.1, 0.15) is 11.3 Å². The predicted octanol–water partition coefficient (Wildman–Crippen LogP) is 1.99. The first-order chi connectivity index (χ1) is 9.79. The smallest absolute Gasteiger partial charge is 0.226 e. The zero-order valence-electron chi connectivity index (χ0n) is 11.5. The molecule has 0 spiro atoms. The molecule has 0 fully saturated rings. The van der Waals surface area contributed by atoms with Gasteiger partial charge in [-0.1, -0.05) is 24.3 Å². The van der Waals surface area contributed by atoms with Crippen LogP contribution < -0.4 is 10.1 Å². The Kier molecular flexibility index (Phi) is 5.12. The summed E-state index contributed by atoms with van der Waals surface area (Å²) in [5.41, 5.74) is 1.87. The number of aromatic nitrogens is 1. The molecule has 0 aliphatic carbocycles. The number of para-hydroxylation sites is 1. The summed E-state index contributed by atoms with van der Waals surface area (Å²) in [4.78, 5) is 15.9. The molecule has 0 saturated carbocycles. The molecule has 1 heterocycles.